The van der Waals surface area contributed by atoms with Crippen molar-refractivity contribution in [2.24, 2.45) is 0 Å². The van der Waals surface area contributed by atoms with Gasteiger partial charge in [0.05, 0.1) is 18.4 Å². The van der Waals surface area contributed by atoms with Crippen LogP contribution in [0, 0.1) is 0 Å². The largest absolute Gasteiger partial charge is 0.495 e. The number of ether oxygens (including phenoxy) is 2. The van der Waals surface area contributed by atoms with E-state index in [0.717, 1.165) is 0 Å². The molecule has 1 aromatic carbocycles. The van der Waals surface area contributed by atoms with Gasteiger partial charge in [0.2, 0.25) is 0 Å². The molecule has 0 aliphatic carbocycles. The van der Waals surface area contributed by atoms with Gasteiger partial charge in [-0.2, -0.15) is 0 Å². The molecule has 108 valence electrons. The average molecular weight is 286 g/mol. The molecule has 1 amide bonds. The van der Waals surface area contributed by atoms with E-state index in [1.165, 1.54) is 13.3 Å². The number of carbonyl (C=O) groups is 2. The van der Waals surface area contributed by atoms with Crippen LogP contribution < -0.4 is 10.1 Å². The van der Waals surface area contributed by atoms with Crippen molar-refractivity contribution in [2.45, 2.75) is 0 Å². The number of methoxy groups -OCH3 is 1. The summed E-state index contributed by atoms with van der Waals surface area (Å²) in [7, 11) is 1.51. The zero-order chi connectivity index (χ0) is 15.1. The first-order valence-electron chi connectivity index (χ1n) is 6.20. The van der Waals surface area contributed by atoms with Crippen LogP contribution in [0.15, 0.2) is 48.8 Å². The molecule has 2 rings (SSSR count). The van der Waals surface area contributed by atoms with Gasteiger partial charge in [-0.05, 0) is 24.3 Å². The molecule has 0 spiro atoms. The number of amides is 1. The van der Waals surface area contributed by atoms with Crippen molar-refractivity contribution in [1.82, 2.24) is 4.98 Å². The Labute approximate surface area is 121 Å². The molecule has 0 aliphatic rings. The fourth-order valence-corrected chi connectivity index (χ4v) is 1.63. The Morgan fingerprint density at radius 2 is 2.00 bits per heavy atom. The lowest BCUT2D eigenvalue weighted by Crippen LogP contribution is -2.21. The second-order valence-electron chi connectivity index (χ2n) is 4.07. The molecule has 1 heterocycles. The molecule has 0 bridgehead atoms. The van der Waals surface area contributed by atoms with Crippen molar-refractivity contribution in [2.75, 3.05) is 19.0 Å². The molecule has 2 aromatic rings. The third-order valence-electron chi connectivity index (χ3n) is 2.61. The van der Waals surface area contributed by atoms with E-state index >= 15 is 0 Å². The summed E-state index contributed by atoms with van der Waals surface area (Å²) in [5.41, 5.74) is 0.810. The minimum Gasteiger partial charge on any atom is -0.495 e. The topological polar surface area (TPSA) is 77.5 Å². The lowest BCUT2D eigenvalue weighted by atomic mass is 10.3. The Kier molecular flexibility index (Phi) is 4.87. The Morgan fingerprint density at radius 1 is 1.19 bits per heavy atom. The number of hydrogen-bond donors (Lipinski definition) is 1. The molecule has 21 heavy (non-hydrogen) atoms. The Bertz CT molecular complexity index is 629. The summed E-state index contributed by atoms with van der Waals surface area (Å²) in [6.45, 7) is -0.383. The first kappa shape index (κ1) is 14.5. The van der Waals surface area contributed by atoms with Gasteiger partial charge in [0.25, 0.3) is 5.91 Å². The van der Waals surface area contributed by atoms with E-state index in [0.29, 0.717) is 17.0 Å². The van der Waals surface area contributed by atoms with E-state index in [1.54, 1.807) is 42.6 Å². The Hall–Kier alpha value is -2.89. The number of carbonyl (C=O) groups excluding carboxylic acids is 2. The SMILES string of the molecule is COc1ccccc1NC(=O)COC(=O)c1cccnc1. The minimum atomic E-state index is -0.599. The quantitative estimate of drug-likeness (QED) is 0.849. The summed E-state index contributed by atoms with van der Waals surface area (Å²) >= 11 is 0. The number of pyridine rings is 1. The van der Waals surface area contributed by atoms with Gasteiger partial charge in [0.1, 0.15) is 5.75 Å². The number of esters is 1. The van der Waals surface area contributed by atoms with Crippen molar-refractivity contribution in [1.29, 1.82) is 0 Å². The van der Waals surface area contributed by atoms with Crippen molar-refractivity contribution in [3.8, 4) is 5.75 Å². The van der Waals surface area contributed by atoms with Crippen LogP contribution in [-0.4, -0.2) is 30.6 Å². The van der Waals surface area contributed by atoms with Crippen LogP contribution in [-0.2, 0) is 9.53 Å². The number of aromatic nitrogens is 1. The molecule has 0 saturated heterocycles. The third-order valence-corrected chi connectivity index (χ3v) is 2.61. The highest BCUT2D eigenvalue weighted by Gasteiger charge is 2.11. The van der Waals surface area contributed by atoms with Crippen molar-refractivity contribution in [3.63, 3.8) is 0 Å². The zero-order valence-electron chi connectivity index (χ0n) is 11.4. The fourth-order valence-electron chi connectivity index (χ4n) is 1.63. The summed E-state index contributed by atoms with van der Waals surface area (Å²) in [5, 5.41) is 2.61. The second kappa shape index (κ2) is 7.04. The van der Waals surface area contributed by atoms with Crippen LogP contribution in [0.1, 0.15) is 10.4 Å². The van der Waals surface area contributed by atoms with E-state index in [1.807, 2.05) is 0 Å². The van der Waals surface area contributed by atoms with Crippen LogP contribution in [0.4, 0.5) is 5.69 Å². The highest BCUT2D eigenvalue weighted by Crippen LogP contribution is 2.22. The van der Waals surface area contributed by atoms with Crippen LogP contribution in [0.25, 0.3) is 0 Å². The Morgan fingerprint density at radius 3 is 2.71 bits per heavy atom. The molecule has 6 nitrogen and oxygen atoms in total. The molecular weight excluding hydrogens is 272 g/mol. The maximum atomic E-state index is 11.8. The van der Waals surface area contributed by atoms with Crippen molar-refractivity contribution >= 4 is 17.6 Å². The predicted octanol–water partition coefficient (Wildman–Crippen LogP) is 1.89. The van der Waals surface area contributed by atoms with Crippen LogP contribution in [0.2, 0.25) is 0 Å². The summed E-state index contributed by atoms with van der Waals surface area (Å²) in [5.74, 6) is -0.514. The number of anilines is 1. The molecule has 6 heteroatoms. The first-order chi connectivity index (χ1) is 10.2. The zero-order valence-corrected chi connectivity index (χ0v) is 11.4. The summed E-state index contributed by atoms with van der Waals surface area (Å²) in [6, 6.07) is 10.1. The van der Waals surface area contributed by atoms with E-state index in [9.17, 15) is 9.59 Å². The highest BCUT2D eigenvalue weighted by molar-refractivity contribution is 5.96. The lowest BCUT2D eigenvalue weighted by Gasteiger charge is -2.10. The van der Waals surface area contributed by atoms with Gasteiger partial charge in [-0.25, -0.2) is 4.79 Å². The number of para-hydroxylation sites is 2. The standard InChI is InChI=1S/C15H14N2O4/c1-20-13-7-3-2-6-12(13)17-14(18)10-21-15(19)11-5-4-8-16-9-11/h2-9H,10H2,1H3,(H,17,18). The number of nitrogens with one attached hydrogen (secondary N) is 1. The van der Waals surface area contributed by atoms with Crippen molar-refractivity contribution < 1.29 is 19.1 Å². The van der Waals surface area contributed by atoms with Gasteiger partial charge < -0.3 is 14.8 Å². The first-order valence-corrected chi connectivity index (χ1v) is 6.20. The van der Waals surface area contributed by atoms with Gasteiger partial charge in [-0.1, -0.05) is 12.1 Å². The van der Waals surface area contributed by atoms with E-state index < -0.39 is 11.9 Å². The van der Waals surface area contributed by atoms with Gasteiger partial charge in [0, 0.05) is 12.4 Å². The molecule has 0 radical (unpaired) electrons. The fraction of sp³-hybridized carbons (Fsp3) is 0.133. The molecule has 1 N–H and O–H groups in total. The molecule has 0 fully saturated rings. The predicted molar refractivity (Wildman–Crippen MR) is 76.1 cm³/mol. The molecule has 0 saturated carbocycles. The van der Waals surface area contributed by atoms with Crippen LogP contribution >= 0.6 is 0 Å². The van der Waals surface area contributed by atoms with Gasteiger partial charge in [-0.15, -0.1) is 0 Å². The molecule has 0 unspecified atom stereocenters. The van der Waals surface area contributed by atoms with E-state index in [4.69, 9.17) is 9.47 Å². The molecule has 0 atom stereocenters. The van der Waals surface area contributed by atoms with Crippen LogP contribution in [0.5, 0.6) is 5.75 Å². The number of nitrogens with zero attached hydrogens (tertiary/aromatic N) is 1. The summed E-state index contributed by atoms with van der Waals surface area (Å²) < 4.78 is 10.0. The van der Waals surface area contributed by atoms with Gasteiger partial charge >= 0.3 is 5.97 Å². The normalized spacial score (nSPS) is 9.76. The van der Waals surface area contributed by atoms with E-state index in [2.05, 4.69) is 10.3 Å². The highest BCUT2D eigenvalue weighted by atomic mass is 16.5. The number of hydrogen-bond acceptors (Lipinski definition) is 5. The minimum absolute atomic E-state index is 0.294. The monoisotopic (exact) mass is 286 g/mol. The van der Waals surface area contributed by atoms with E-state index in [-0.39, 0.29) is 6.61 Å². The van der Waals surface area contributed by atoms with Crippen molar-refractivity contribution in [3.05, 3.63) is 54.4 Å². The number of rotatable bonds is 5. The molecule has 0 aliphatic heterocycles. The third kappa shape index (κ3) is 4.04. The smallest absolute Gasteiger partial charge is 0.340 e. The summed E-state index contributed by atoms with van der Waals surface area (Å²) in [4.78, 5) is 27.2. The average Bonchev–Trinajstić information content (AvgIpc) is 2.54. The van der Waals surface area contributed by atoms with Gasteiger partial charge in [-0.3, -0.25) is 9.78 Å². The molecular formula is C15H14N2O4. The summed E-state index contributed by atoms with van der Waals surface area (Å²) in [6.07, 6.45) is 2.92. The number of benzene rings is 1. The van der Waals surface area contributed by atoms with Gasteiger partial charge in [0.15, 0.2) is 6.61 Å². The maximum absolute atomic E-state index is 11.8. The molecule has 1 aromatic heterocycles. The second-order valence-corrected chi connectivity index (χ2v) is 4.07. The lowest BCUT2D eigenvalue weighted by molar-refractivity contribution is -0.119. The maximum Gasteiger partial charge on any atom is 0.340 e. The Balaban J connectivity index is 1.89. The van der Waals surface area contributed by atoms with Crippen LogP contribution in [0.3, 0.4) is 0 Å².